The van der Waals surface area contributed by atoms with Crippen LogP contribution < -0.4 is 10.1 Å². The lowest BCUT2D eigenvalue weighted by Crippen LogP contribution is -2.19. The molecule has 1 aromatic heterocycles. The second kappa shape index (κ2) is 7.43. The number of pyridine rings is 1. The molecule has 2 rings (SSSR count). The first-order chi connectivity index (χ1) is 10.0. The van der Waals surface area contributed by atoms with Gasteiger partial charge in [0.1, 0.15) is 5.75 Å². The zero-order valence-electron chi connectivity index (χ0n) is 12.7. The van der Waals surface area contributed by atoms with Gasteiger partial charge in [0.05, 0.1) is 0 Å². The molecule has 0 amide bonds. The molecule has 0 saturated carbocycles. The highest BCUT2D eigenvalue weighted by molar-refractivity contribution is 6.30. The normalized spacial score (nSPS) is 10.9. The van der Waals surface area contributed by atoms with Crippen molar-refractivity contribution in [1.82, 2.24) is 10.3 Å². The summed E-state index contributed by atoms with van der Waals surface area (Å²) in [5, 5.41) is 4.06. The maximum atomic E-state index is 5.95. The lowest BCUT2D eigenvalue weighted by Gasteiger charge is -2.11. The molecule has 1 heterocycles. The fraction of sp³-hybridized carbons (Fsp3) is 0.353. The maximum absolute atomic E-state index is 5.95. The molecule has 0 bridgehead atoms. The van der Waals surface area contributed by atoms with E-state index in [4.69, 9.17) is 16.3 Å². The van der Waals surface area contributed by atoms with E-state index in [1.807, 2.05) is 31.3 Å². The van der Waals surface area contributed by atoms with Gasteiger partial charge in [-0.1, -0.05) is 31.5 Å². The summed E-state index contributed by atoms with van der Waals surface area (Å²) in [6.07, 6.45) is 1.85. The molecule has 0 fully saturated rings. The Morgan fingerprint density at radius 1 is 1.29 bits per heavy atom. The van der Waals surface area contributed by atoms with Crippen LogP contribution in [0.3, 0.4) is 0 Å². The van der Waals surface area contributed by atoms with E-state index in [2.05, 4.69) is 30.2 Å². The topological polar surface area (TPSA) is 34.2 Å². The summed E-state index contributed by atoms with van der Waals surface area (Å²) in [4.78, 5) is 4.40. The van der Waals surface area contributed by atoms with Crippen molar-refractivity contribution in [1.29, 1.82) is 0 Å². The summed E-state index contributed by atoms with van der Waals surface area (Å²) in [6, 6.07) is 9.42. The fourth-order valence-electron chi connectivity index (χ4n) is 1.97. The van der Waals surface area contributed by atoms with E-state index >= 15 is 0 Å². The molecule has 21 heavy (non-hydrogen) atoms. The van der Waals surface area contributed by atoms with Crippen molar-refractivity contribution >= 4 is 11.6 Å². The smallest absolute Gasteiger partial charge is 0.222 e. The Labute approximate surface area is 131 Å². The van der Waals surface area contributed by atoms with E-state index in [0.29, 0.717) is 22.6 Å². The molecule has 0 aliphatic rings. The summed E-state index contributed by atoms with van der Waals surface area (Å²) in [5.41, 5.74) is 2.17. The number of aromatic nitrogens is 1. The first kappa shape index (κ1) is 15.8. The first-order valence-corrected chi connectivity index (χ1v) is 7.52. The molecule has 0 spiro atoms. The zero-order chi connectivity index (χ0) is 15.2. The van der Waals surface area contributed by atoms with Crippen molar-refractivity contribution in [3.63, 3.8) is 0 Å². The van der Waals surface area contributed by atoms with Crippen molar-refractivity contribution in [2.45, 2.75) is 27.3 Å². The minimum atomic E-state index is 0.616. The van der Waals surface area contributed by atoms with E-state index < -0.39 is 0 Å². The standard InChI is InChI=1S/C17H21ClN2O/c1-12(2)9-19-10-14-7-13(3)17(20-11-14)21-16-6-4-5-15(18)8-16/h4-8,11-12,19H,9-10H2,1-3H3. The van der Waals surface area contributed by atoms with Crippen LogP contribution in [0.15, 0.2) is 36.5 Å². The maximum Gasteiger partial charge on any atom is 0.222 e. The van der Waals surface area contributed by atoms with Gasteiger partial charge in [0.15, 0.2) is 0 Å². The second-order valence-electron chi connectivity index (χ2n) is 5.55. The first-order valence-electron chi connectivity index (χ1n) is 7.14. The third-order valence-corrected chi connectivity index (χ3v) is 3.21. The number of rotatable bonds is 6. The molecular formula is C17H21ClN2O. The van der Waals surface area contributed by atoms with Crippen LogP contribution in [0.2, 0.25) is 5.02 Å². The van der Waals surface area contributed by atoms with Gasteiger partial charge in [-0.25, -0.2) is 4.98 Å². The van der Waals surface area contributed by atoms with Crippen molar-refractivity contribution < 1.29 is 4.74 Å². The van der Waals surface area contributed by atoms with E-state index in [1.165, 1.54) is 0 Å². The number of nitrogens with one attached hydrogen (secondary N) is 1. The Morgan fingerprint density at radius 2 is 2.10 bits per heavy atom. The summed E-state index contributed by atoms with van der Waals surface area (Å²) in [5.74, 6) is 1.96. The minimum absolute atomic E-state index is 0.616. The van der Waals surface area contributed by atoms with Gasteiger partial charge in [-0.05, 0) is 49.2 Å². The largest absolute Gasteiger partial charge is 0.439 e. The molecule has 3 nitrogen and oxygen atoms in total. The monoisotopic (exact) mass is 304 g/mol. The average molecular weight is 305 g/mol. The molecule has 4 heteroatoms. The van der Waals surface area contributed by atoms with E-state index in [0.717, 1.165) is 24.2 Å². The van der Waals surface area contributed by atoms with Crippen molar-refractivity contribution in [3.8, 4) is 11.6 Å². The number of aryl methyl sites for hydroxylation is 1. The summed E-state index contributed by atoms with van der Waals surface area (Å²) in [7, 11) is 0. The van der Waals surface area contributed by atoms with Crippen LogP contribution >= 0.6 is 11.6 Å². The van der Waals surface area contributed by atoms with Gasteiger partial charge < -0.3 is 10.1 Å². The SMILES string of the molecule is Cc1cc(CNCC(C)C)cnc1Oc1cccc(Cl)c1. The van der Waals surface area contributed by atoms with Gasteiger partial charge >= 0.3 is 0 Å². The van der Waals surface area contributed by atoms with Gasteiger partial charge in [0.25, 0.3) is 0 Å². The highest BCUT2D eigenvalue weighted by atomic mass is 35.5. The van der Waals surface area contributed by atoms with Crippen LogP contribution in [-0.4, -0.2) is 11.5 Å². The number of ether oxygens (including phenoxy) is 1. The molecule has 112 valence electrons. The Kier molecular flexibility index (Phi) is 5.59. The van der Waals surface area contributed by atoms with E-state index in [-0.39, 0.29) is 0 Å². The van der Waals surface area contributed by atoms with E-state index in [9.17, 15) is 0 Å². The van der Waals surface area contributed by atoms with E-state index in [1.54, 1.807) is 6.07 Å². The second-order valence-corrected chi connectivity index (χ2v) is 5.99. The number of nitrogens with zero attached hydrogens (tertiary/aromatic N) is 1. The molecule has 1 aromatic carbocycles. The molecule has 0 radical (unpaired) electrons. The van der Waals surface area contributed by atoms with Gasteiger partial charge in [0, 0.05) is 23.3 Å². The molecule has 2 aromatic rings. The van der Waals surface area contributed by atoms with Crippen LogP contribution in [0, 0.1) is 12.8 Å². The number of benzene rings is 1. The van der Waals surface area contributed by atoms with Crippen LogP contribution in [0.4, 0.5) is 0 Å². The predicted molar refractivity (Wildman–Crippen MR) is 87.0 cm³/mol. The highest BCUT2D eigenvalue weighted by Crippen LogP contribution is 2.25. The Balaban J connectivity index is 2.02. The highest BCUT2D eigenvalue weighted by Gasteiger charge is 2.05. The molecule has 1 N–H and O–H groups in total. The summed E-state index contributed by atoms with van der Waals surface area (Å²) < 4.78 is 5.77. The molecule has 0 aliphatic heterocycles. The van der Waals surface area contributed by atoms with Crippen molar-refractivity contribution in [2.75, 3.05) is 6.54 Å². The van der Waals surface area contributed by atoms with Crippen LogP contribution in [0.25, 0.3) is 0 Å². The number of halogens is 1. The Hall–Kier alpha value is -1.58. The lowest BCUT2D eigenvalue weighted by atomic mass is 10.2. The van der Waals surface area contributed by atoms with Crippen LogP contribution in [0.5, 0.6) is 11.6 Å². The predicted octanol–water partition coefficient (Wildman–Crippen LogP) is 4.58. The average Bonchev–Trinajstić information content (AvgIpc) is 2.41. The third kappa shape index (κ3) is 5.03. The zero-order valence-corrected chi connectivity index (χ0v) is 13.4. The molecule has 0 saturated heterocycles. The number of hydrogen-bond acceptors (Lipinski definition) is 3. The van der Waals surface area contributed by atoms with Crippen LogP contribution in [-0.2, 0) is 6.54 Å². The third-order valence-electron chi connectivity index (χ3n) is 2.98. The van der Waals surface area contributed by atoms with Crippen LogP contribution in [0.1, 0.15) is 25.0 Å². The van der Waals surface area contributed by atoms with Gasteiger partial charge in [-0.3, -0.25) is 0 Å². The van der Waals surface area contributed by atoms with Crippen molar-refractivity contribution in [3.05, 3.63) is 52.7 Å². The lowest BCUT2D eigenvalue weighted by molar-refractivity contribution is 0.458. The van der Waals surface area contributed by atoms with Crippen molar-refractivity contribution in [2.24, 2.45) is 5.92 Å². The molecule has 0 aliphatic carbocycles. The summed E-state index contributed by atoms with van der Waals surface area (Å²) in [6.45, 7) is 8.21. The quantitative estimate of drug-likeness (QED) is 0.848. The molecule has 0 atom stereocenters. The van der Waals surface area contributed by atoms with Gasteiger partial charge in [-0.15, -0.1) is 0 Å². The van der Waals surface area contributed by atoms with Gasteiger partial charge in [0.2, 0.25) is 5.88 Å². The Bertz CT molecular complexity index is 599. The van der Waals surface area contributed by atoms with Gasteiger partial charge in [-0.2, -0.15) is 0 Å². The number of hydrogen-bond donors (Lipinski definition) is 1. The molecular weight excluding hydrogens is 284 g/mol. The fourth-order valence-corrected chi connectivity index (χ4v) is 2.15. The Morgan fingerprint density at radius 3 is 2.76 bits per heavy atom. The molecule has 0 unspecified atom stereocenters. The summed E-state index contributed by atoms with van der Waals surface area (Å²) >= 11 is 5.95. The minimum Gasteiger partial charge on any atom is -0.439 e.